The second-order valence-electron chi connectivity index (χ2n) is 6.09. The van der Waals surface area contributed by atoms with E-state index in [4.69, 9.17) is 20.8 Å². The molecule has 3 aromatic rings. The summed E-state index contributed by atoms with van der Waals surface area (Å²) in [6.07, 6.45) is -4.85. The van der Waals surface area contributed by atoms with Gasteiger partial charge in [0.1, 0.15) is 18.3 Å². The van der Waals surface area contributed by atoms with Crippen molar-refractivity contribution >= 4 is 29.4 Å². The fourth-order valence-electron chi connectivity index (χ4n) is 2.56. The molecule has 1 saturated heterocycles. The second-order valence-corrected chi connectivity index (χ2v) is 7.47. The maximum Gasteiger partial charge on any atom is 0.317 e. The molecule has 0 saturated carbocycles. The molecule has 3 heterocycles. The first-order valence-corrected chi connectivity index (χ1v) is 9.79. The maximum absolute atomic E-state index is 9.94. The van der Waals surface area contributed by atoms with Gasteiger partial charge in [0.25, 0.3) is 0 Å². The zero-order chi connectivity index (χ0) is 20.4. The molecule has 1 fully saturated rings. The van der Waals surface area contributed by atoms with Crippen LogP contribution in [0.25, 0.3) is 5.69 Å². The van der Waals surface area contributed by atoms with Crippen LogP contribution in [0.15, 0.2) is 33.8 Å². The number of thioether (sulfide) groups is 1. The minimum Gasteiger partial charge on any atom is -0.407 e. The number of tetrazole rings is 1. The van der Waals surface area contributed by atoms with Crippen LogP contribution >= 0.6 is 23.4 Å². The van der Waals surface area contributed by atoms with Crippen molar-refractivity contribution in [2.45, 2.75) is 35.4 Å². The van der Waals surface area contributed by atoms with Gasteiger partial charge in [0.05, 0.1) is 18.0 Å². The number of benzene rings is 1. The van der Waals surface area contributed by atoms with Crippen molar-refractivity contribution in [2.75, 3.05) is 11.9 Å². The lowest BCUT2D eigenvalue weighted by atomic mass is 10.0. The smallest absolute Gasteiger partial charge is 0.317 e. The predicted molar refractivity (Wildman–Crippen MR) is 99.4 cm³/mol. The van der Waals surface area contributed by atoms with Gasteiger partial charge >= 0.3 is 6.01 Å². The molecule has 14 heteroatoms. The summed E-state index contributed by atoms with van der Waals surface area (Å²) in [6.45, 7) is -0.139. The predicted octanol–water partition coefficient (Wildman–Crippen LogP) is -0.158. The zero-order valence-corrected chi connectivity index (χ0v) is 16.2. The summed E-state index contributed by atoms with van der Waals surface area (Å²) < 4.78 is 12.3. The van der Waals surface area contributed by atoms with Gasteiger partial charge in [-0.15, -0.1) is 10.2 Å². The normalized spacial score (nSPS) is 24.6. The van der Waals surface area contributed by atoms with Gasteiger partial charge in [-0.1, -0.05) is 28.5 Å². The van der Waals surface area contributed by atoms with E-state index in [1.54, 1.807) is 28.9 Å². The van der Waals surface area contributed by atoms with Gasteiger partial charge in [0.15, 0.2) is 6.23 Å². The van der Waals surface area contributed by atoms with E-state index in [1.807, 2.05) is 0 Å². The van der Waals surface area contributed by atoms with Gasteiger partial charge in [-0.05, 0) is 34.7 Å². The molecule has 2 aromatic heterocycles. The molecule has 12 nitrogen and oxygen atoms in total. The van der Waals surface area contributed by atoms with Crippen LogP contribution in [0.1, 0.15) is 5.89 Å². The van der Waals surface area contributed by atoms with Crippen molar-refractivity contribution < 1.29 is 24.5 Å². The Hall–Kier alpha value is -2.29. The van der Waals surface area contributed by atoms with Crippen LogP contribution in [-0.2, 0) is 10.5 Å². The number of aliphatic hydroxyl groups is 3. The number of anilines is 1. The summed E-state index contributed by atoms with van der Waals surface area (Å²) >= 11 is 7.18. The molecule has 1 aromatic carbocycles. The average molecular weight is 442 g/mol. The SMILES string of the molecule is O[C@@H]1[C@@H](O)[C@H](Nc2nnc(CSc3nnnn3-c3ccc(Cl)cc3)o2)OC[C@H]1O. The molecule has 1 aliphatic rings. The number of nitrogens with one attached hydrogen (secondary N) is 1. The minimum atomic E-state index is -1.35. The number of nitrogens with zero attached hydrogens (tertiary/aromatic N) is 6. The Balaban J connectivity index is 1.37. The molecule has 4 N–H and O–H groups in total. The third-order valence-electron chi connectivity index (χ3n) is 4.07. The number of aromatic nitrogens is 6. The Bertz CT molecular complexity index is 955. The van der Waals surface area contributed by atoms with Crippen LogP contribution < -0.4 is 5.32 Å². The number of aliphatic hydroxyl groups excluding tert-OH is 3. The first kappa shape index (κ1) is 20.0. The number of rotatable bonds is 6. The first-order chi connectivity index (χ1) is 14.0. The minimum absolute atomic E-state index is 0.00512. The molecule has 0 aliphatic carbocycles. The molecule has 0 unspecified atom stereocenters. The lowest BCUT2D eigenvalue weighted by Crippen LogP contribution is -2.55. The van der Waals surface area contributed by atoms with Crippen LogP contribution in [0.3, 0.4) is 0 Å². The molecule has 0 amide bonds. The standard InChI is InChI=1S/C15H16ClN7O5S/c16-7-1-3-8(4-2-7)23-15(20-21-22-23)29-6-10-18-19-14(28-10)17-13-12(26)11(25)9(24)5-27-13/h1-4,9,11-13,24-26H,5-6H2,(H,17,19)/t9-,11+,12-,13-/m1/s1. The Morgan fingerprint density at radius 1 is 1.14 bits per heavy atom. The highest BCUT2D eigenvalue weighted by Gasteiger charge is 2.38. The highest BCUT2D eigenvalue weighted by Crippen LogP contribution is 2.24. The Morgan fingerprint density at radius 3 is 2.72 bits per heavy atom. The molecule has 4 atom stereocenters. The van der Waals surface area contributed by atoms with E-state index in [0.717, 1.165) is 5.69 Å². The molecule has 154 valence electrons. The van der Waals surface area contributed by atoms with Crippen LogP contribution in [0.2, 0.25) is 5.02 Å². The number of ether oxygens (including phenoxy) is 1. The quantitative estimate of drug-likeness (QED) is 0.374. The van der Waals surface area contributed by atoms with E-state index in [0.29, 0.717) is 10.2 Å². The number of hydrogen-bond donors (Lipinski definition) is 4. The van der Waals surface area contributed by atoms with Crippen molar-refractivity contribution in [3.05, 3.63) is 35.2 Å². The summed E-state index contributed by atoms with van der Waals surface area (Å²) in [4.78, 5) is 0. The van der Waals surface area contributed by atoms with Crippen molar-refractivity contribution in [3.8, 4) is 5.69 Å². The highest BCUT2D eigenvalue weighted by molar-refractivity contribution is 7.98. The molecule has 0 radical (unpaired) electrons. The van der Waals surface area contributed by atoms with E-state index in [1.165, 1.54) is 11.8 Å². The molecule has 4 rings (SSSR count). The molecule has 1 aliphatic heterocycles. The molecular weight excluding hydrogens is 426 g/mol. The fourth-order valence-corrected chi connectivity index (χ4v) is 3.42. The Kier molecular flexibility index (Phi) is 5.94. The van der Waals surface area contributed by atoms with Crippen molar-refractivity contribution in [3.63, 3.8) is 0 Å². The van der Waals surface area contributed by atoms with Gasteiger partial charge in [-0.25, -0.2) is 0 Å². The van der Waals surface area contributed by atoms with E-state index in [-0.39, 0.29) is 24.3 Å². The van der Waals surface area contributed by atoms with Gasteiger partial charge in [0.2, 0.25) is 11.0 Å². The molecule has 29 heavy (non-hydrogen) atoms. The number of hydrogen-bond acceptors (Lipinski definition) is 12. The van der Waals surface area contributed by atoms with Gasteiger partial charge in [0, 0.05) is 5.02 Å². The van der Waals surface area contributed by atoms with Crippen molar-refractivity contribution in [1.82, 2.24) is 30.4 Å². The molecule has 0 bridgehead atoms. The van der Waals surface area contributed by atoms with Crippen molar-refractivity contribution in [1.29, 1.82) is 0 Å². The van der Waals surface area contributed by atoms with E-state index < -0.39 is 24.5 Å². The lowest BCUT2D eigenvalue weighted by molar-refractivity contribution is -0.179. The Labute approximate surface area is 172 Å². The van der Waals surface area contributed by atoms with Gasteiger partial charge in [-0.3, -0.25) is 0 Å². The maximum atomic E-state index is 9.94. The lowest BCUT2D eigenvalue weighted by Gasteiger charge is -2.34. The Morgan fingerprint density at radius 2 is 1.93 bits per heavy atom. The third-order valence-corrected chi connectivity index (χ3v) is 5.23. The fraction of sp³-hybridized carbons (Fsp3) is 0.400. The summed E-state index contributed by atoms with van der Waals surface area (Å²) in [5.41, 5.74) is 0.749. The van der Waals surface area contributed by atoms with Crippen LogP contribution in [-0.4, -0.2) is 76.9 Å². The van der Waals surface area contributed by atoms with E-state index in [9.17, 15) is 15.3 Å². The van der Waals surface area contributed by atoms with Crippen LogP contribution in [0, 0.1) is 0 Å². The van der Waals surface area contributed by atoms with E-state index >= 15 is 0 Å². The summed E-state index contributed by atoms with van der Waals surface area (Å²) in [5, 5.41) is 52.3. The van der Waals surface area contributed by atoms with Gasteiger partial charge < -0.3 is 29.8 Å². The van der Waals surface area contributed by atoms with Crippen molar-refractivity contribution in [2.24, 2.45) is 0 Å². The summed E-state index contributed by atoms with van der Waals surface area (Å²) in [6, 6.07) is 7.06. The van der Waals surface area contributed by atoms with Crippen LogP contribution in [0.4, 0.5) is 6.01 Å². The number of halogens is 1. The summed E-state index contributed by atoms with van der Waals surface area (Å²) in [7, 11) is 0. The summed E-state index contributed by atoms with van der Waals surface area (Å²) in [5.74, 6) is 0.576. The zero-order valence-electron chi connectivity index (χ0n) is 14.7. The highest BCUT2D eigenvalue weighted by atomic mass is 35.5. The average Bonchev–Trinajstić information content (AvgIpc) is 3.37. The first-order valence-electron chi connectivity index (χ1n) is 8.43. The van der Waals surface area contributed by atoms with Crippen LogP contribution in [0.5, 0.6) is 0 Å². The monoisotopic (exact) mass is 441 g/mol. The van der Waals surface area contributed by atoms with E-state index in [2.05, 4.69) is 31.0 Å². The topological polar surface area (TPSA) is 164 Å². The third kappa shape index (κ3) is 4.49. The van der Waals surface area contributed by atoms with Gasteiger partial charge in [-0.2, -0.15) is 4.68 Å². The molecule has 0 spiro atoms. The largest absolute Gasteiger partial charge is 0.407 e. The molecular formula is C15H16ClN7O5S. The second kappa shape index (κ2) is 8.61.